The van der Waals surface area contributed by atoms with Gasteiger partial charge in [-0.1, -0.05) is 19.3 Å². The van der Waals surface area contributed by atoms with E-state index >= 15 is 0 Å². The van der Waals surface area contributed by atoms with Crippen molar-refractivity contribution in [3.8, 4) is 0 Å². The number of nitro groups is 2. The van der Waals surface area contributed by atoms with Crippen LogP contribution in [0, 0.1) is 20.2 Å². The summed E-state index contributed by atoms with van der Waals surface area (Å²) < 4.78 is 0. The van der Waals surface area contributed by atoms with Crippen LogP contribution < -0.4 is 5.73 Å². The number of allylic oxidation sites excluding steroid dienone is 2. The third-order valence-corrected chi connectivity index (χ3v) is 10.3. The van der Waals surface area contributed by atoms with Crippen molar-refractivity contribution >= 4 is 0 Å². The van der Waals surface area contributed by atoms with Gasteiger partial charge in [0.15, 0.2) is 0 Å². The molecule has 2 heterocycles. The van der Waals surface area contributed by atoms with Crippen molar-refractivity contribution in [1.82, 2.24) is 19.6 Å². The van der Waals surface area contributed by atoms with Gasteiger partial charge in [-0.2, -0.15) is 0 Å². The summed E-state index contributed by atoms with van der Waals surface area (Å²) in [5.74, 6) is 0. The van der Waals surface area contributed by atoms with E-state index in [4.69, 9.17) is 5.73 Å². The van der Waals surface area contributed by atoms with E-state index in [1.807, 2.05) is 0 Å². The molecule has 0 aromatic heterocycles. The first kappa shape index (κ1) is 35.8. The van der Waals surface area contributed by atoms with Crippen LogP contribution in [0.25, 0.3) is 0 Å². The Hall–Kier alpha value is -1.66. The Morgan fingerprint density at radius 3 is 1.60 bits per heavy atom. The minimum Gasteiger partial charge on any atom is -0.326 e. The van der Waals surface area contributed by atoms with E-state index < -0.39 is 0 Å². The molecule has 2 N–H and O–H groups in total. The summed E-state index contributed by atoms with van der Waals surface area (Å²) in [5, 5.41) is 21.2. The molecule has 2 saturated carbocycles. The van der Waals surface area contributed by atoms with E-state index in [0.717, 1.165) is 71.1 Å². The number of nitrogens with two attached hydrogens (primary N) is 1. The Morgan fingerprint density at radius 2 is 1.19 bits per heavy atom. The average molecular weight is 608 g/mol. The molecule has 11 heteroatoms. The smallest absolute Gasteiger partial charge is 0.242 e. The van der Waals surface area contributed by atoms with Gasteiger partial charge in [0.25, 0.3) is 0 Å². The summed E-state index contributed by atoms with van der Waals surface area (Å²) in [4.78, 5) is 31.0. The highest BCUT2D eigenvalue weighted by atomic mass is 16.6. The van der Waals surface area contributed by atoms with Crippen molar-refractivity contribution in [2.75, 3.05) is 52.4 Å². The van der Waals surface area contributed by atoms with E-state index in [2.05, 4.69) is 47.3 Å². The SMILES string of the molecule is CC(C)N1CCN([C@H]2CCCC[C@@H]2N)CC1.CC(C)N1CCN([C@H]2CCCC[C@@H]2[N+](=O)[O-])CC1.O=[N+]([O-])C1=CCCCC1. The zero-order valence-corrected chi connectivity index (χ0v) is 27.6. The summed E-state index contributed by atoms with van der Waals surface area (Å²) in [6, 6.07) is 2.24. The van der Waals surface area contributed by atoms with Crippen molar-refractivity contribution in [2.24, 2.45) is 5.73 Å². The van der Waals surface area contributed by atoms with Crippen molar-refractivity contribution < 1.29 is 9.85 Å². The molecule has 2 saturated heterocycles. The van der Waals surface area contributed by atoms with Crippen LogP contribution in [0.3, 0.4) is 0 Å². The summed E-state index contributed by atoms with van der Waals surface area (Å²) in [6.45, 7) is 18.0. The van der Waals surface area contributed by atoms with Gasteiger partial charge in [-0.3, -0.25) is 39.8 Å². The average Bonchev–Trinajstić information content (AvgIpc) is 3.02. The second kappa shape index (κ2) is 18.3. The van der Waals surface area contributed by atoms with Gasteiger partial charge >= 0.3 is 0 Å². The summed E-state index contributed by atoms with van der Waals surface area (Å²) in [7, 11) is 0. The molecule has 4 atom stereocenters. The van der Waals surface area contributed by atoms with E-state index in [1.165, 1.54) is 51.9 Å². The van der Waals surface area contributed by atoms with Crippen LogP contribution in [0.5, 0.6) is 0 Å². The first-order valence-corrected chi connectivity index (χ1v) is 17.3. The van der Waals surface area contributed by atoms with Gasteiger partial charge in [-0.05, 0) is 78.7 Å². The van der Waals surface area contributed by atoms with Crippen molar-refractivity contribution in [2.45, 2.75) is 141 Å². The first-order chi connectivity index (χ1) is 20.6. The molecule has 0 aromatic rings. The number of piperazine rings is 2. The summed E-state index contributed by atoms with van der Waals surface area (Å²) >= 11 is 0. The molecule has 4 fully saturated rings. The molecule has 0 spiro atoms. The predicted octanol–water partition coefficient (Wildman–Crippen LogP) is 4.60. The van der Waals surface area contributed by atoms with Gasteiger partial charge in [0.1, 0.15) is 0 Å². The highest BCUT2D eigenvalue weighted by Crippen LogP contribution is 2.26. The zero-order valence-electron chi connectivity index (χ0n) is 27.6. The monoisotopic (exact) mass is 607 g/mol. The largest absolute Gasteiger partial charge is 0.326 e. The van der Waals surface area contributed by atoms with Crippen molar-refractivity contribution in [3.63, 3.8) is 0 Å². The quantitative estimate of drug-likeness (QED) is 0.341. The van der Waals surface area contributed by atoms with Crippen LogP contribution in [0.1, 0.15) is 105 Å². The first-order valence-electron chi connectivity index (χ1n) is 17.3. The Balaban J connectivity index is 0.000000186. The number of nitrogens with zero attached hydrogens (tertiary/aromatic N) is 6. The molecule has 2 aliphatic heterocycles. The van der Waals surface area contributed by atoms with Gasteiger partial charge in [-0.25, -0.2) is 0 Å². The lowest BCUT2D eigenvalue weighted by atomic mass is 9.89. The lowest BCUT2D eigenvalue weighted by Crippen LogP contribution is -2.57. The Bertz CT molecular complexity index is 870. The summed E-state index contributed by atoms with van der Waals surface area (Å²) in [6.07, 6.45) is 14.6. The molecule has 5 aliphatic rings. The minimum absolute atomic E-state index is 0.0430. The lowest BCUT2D eigenvalue weighted by molar-refractivity contribution is -0.534. The Labute approximate surface area is 260 Å². The fraction of sp³-hybridized carbons (Fsp3) is 0.938. The number of rotatable bonds is 6. The van der Waals surface area contributed by atoms with Crippen LogP contribution in [-0.4, -0.2) is 118 Å². The predicted molar refractivity (Wildman–Crippen MR) is 173 cm³/mol. The molecule has 0 aromatic carbocycles. The van der Waals surface area contributed by atoms with E-state index in [9.17, 15) is 20.2 Å². The number of hydrogen-bond donors (Lipinski definition) is 1. The second-order valence-electron chi connectivity index (χ2n) is 13.7. The molecule has 5 rings (SSSR count). The molecule has 0 bridgehead atoms. The maximum absolute atomic E-state index is 11.1. The zero-order chi connectivity index (χ0) is 31.4. The molecule has 11 nitrogen and oxygen atoms in total. The van der Waals surface area contributed by atoms with Gasteiger partial charge in [0.05, 0.1) is 11.0 Å². The van der Waals surface area contributed by atoms with Gasteiger partial charge < -0.3 is 5.73 Å². The summed E-state index contributed by atoms with van der Waals surface area (Å²) in [5.41, 5.74) is 6.65. The molecule has 0 radical (unpaired) electrons. The van der Waals surface area contributed by atoms with Crippen LogP contribution in [0.4, 0.5) is 0 Å². The lowest BCUT2D eigenvalue weighted by Gasteiger charge is -2.44. The third-order valence-electron chi connectivity index (χ3n) is 10.3. The van der Waals surface area contributed by atoms with Gasteiger partial charge in [0.2, 0.25) is 11.7 Å². The number of hydrogen-bond acceptors (Lipinski definition) is 9. The molecular formula is C32H61N7O4. The Kier molecular flexibility index (Phi) is 15.3. The van der Waals surface area contributed by atoms with E-state index in [-0.39, 0.29) is 21.9 Å². The molecule has 43 heavy (non-hydrogen) atoms. The second-order valence-corrected chi connectivity index (χ2v) is 13.7. The van der Waals surface area contributed by atoms with Crippen LogP contribution in [0.15, 0.2) is 11.8 Å². The van der Waals surface area contributed by atoms with Gasteiger partial charge in [0, 0.05) is 94.3 Å². The topological polar surface area (TPSA) is 125 Å². The molecule has 0 unspecified atom stereocenters. The fourth-order valence-electron chi connectivity index (χ4n) is 7.51. The highest BCUT2D eigenvalue weighted by molar-refractivity contribution is 4.95. The molecule has 248 valence electrons. The van der Waals surface area contributed by atoms with Crippen LogP contribution in [-0.2, 0) is 0 Å². The van der Waals surface area contributed by atoms with Crippen LogP contribution >= 0.6 is 0 Å². The standard InChI is InChI=1S/C13H25N3O2.C13H27N3.C6H9NO2/c1-11(2)14-7-9-15(10-8-14)12-5-3-4-6-13(12)16(17)18;1-11(2)15-7-9-16(10-8-15)13-6-4-3-5-12(13)14;8-7(9)6-4-2-1-3-5-6/h11-13H,3-10H2,1-2H3;11-13H,3-10,14H2,1-2H3;4H,1-3,5H2/t2*12-,13-;/m00./s1. The Morgan fingerprint density at radius 1 is 0.698 bits per heavy atom. The highest BCUT2D eigenvalue weighted by Gasteiger charge is 2.39. The van der Waals surface area contributed by atoms with Crippen molar-refractivity contribution in [1.29, 1.82) is 0 Å². The normalized spacial score (nSPS) is 30.1. The molecule has 3 aliphatic carbocycles. The van der Waals surface area contributed by atoms with E-state index in [0.29, 0.717) is 36.3 Å². The maximum atomic E-state index is 11.1. The molecular weight excluding hydrogens is 546 g/mol. The fourth-order valence-corrected chi connectivity index (χ4v) is 7.51. The minimum atomic E-state index is -0.329. The van der Waals surface area contributed by atoms with Gasteiger partial charge in [-0.15, -0.1) is 0 Å². The van der Waals surface area contributed by atoms with Crippen LogP contribution in [0.2, 0.25) is 0 Å². The van der Waals surface area contributed by atoms with Crippen molar-refractivity contribution in [3.05, 3.63) is 32.0 Å². The molecule has 0 amide bonds. The maximum Gasteiger partial charge on any atom is 0.242 e. The third kappa shape index (κ3) is 11.3. The van der Waals surface area contributed by atoms with E-state index in [1.54, 1.807) is 6.08 Å².